The highest BCUT2D eigenvalue weighted by molar-refractivity contribution is 6.30. The summed E-state index contributed by atoms with van der Waals surface area (Å²) in [5.74, 6) is 0. The summed E-state index contributed by atoms with van der Waals surface area (Å²) in [6.07, 6.45) is 5.36. The third kappa shape index (κ3) is 3.11. The van der Waals surface area contributed by atoms with Gasteiger partial charge in [-0.1, -0.05) is 23.7 Å². The van der Waals surface area contributed by atoms with Gasteiger partial charge in [0, 0.05) is 17.4 Å². The molecule has 0 saturated carbocycles. The quantitative estimate of drug-likeness (QED) is 0.734. The number of halogens is 1. The summed E-state index contributed by atoms with van der Waals surface area (Å²) < 4.78 is 1.91. The molecule has 1 aromatic heterocycles. The first-order valence-corrected chi connectivity index (χ1v) is 7.14. The summed E-state index contributed by atoms with van der Waals surface area (Å²) in [5, 5.41) is 11.7. The Kier molecular flexibility index (Phi) is 4.08. The van der Waals surface area contributed by atoms with Crippen LogP contribution in [0.5, 0.6) is 0 Å². The Hall–Kier alpha value is -2.77. The van der Waals surface area contributed by atoms with Gasteiger partial charge in [0.1, 0.15) is 6.33 Å². The number of anilines is 1. The highest BCUT2D eigenvalue weighted by Gasteiger charge is 2.09. The fourth-order valence-electron chi connectivity index (χ4n) is 2.17. The minimum absolute atomic E-state index is 0.640. The van der Waals surface area contributed by atoms with Gasteiger partial charge in [0.2, 0.25) is 0 Å². The number of aromatic nitrogens is 2. The predicted molar refractivity (Wildman–Crippen MR) is 86.4 cm³/mol. The smallest absolute Gasteiger partial charge is 0.114 e. The molecule has 0 bridgehead atoms. The number of imidazole rings is 1. The second kappa shape index (κ2) is 6.33. The van der Waals surface area contributed by atoms with E-state index in [2.05, 4.69) is 16.1 Å². The first kappa shape index (κ1) is 14.2. The summed E-state index contributed by atoms with van der Waals surface area (Å²) in [4.78, 5) is 4.11. The Bertz CT molecular complexity index is 771. The Balaban J connectivity index is 1.93. The predicted octanol–water partition coefficient (Wildman–Crippen LogP) is 3.88. The molecule has 2 aromatic carbocycles. The fraction of sp³-hybridized carbons (Fsp3) is 0.0588. The van der Waals surface area contributed by atoms with Crippen molar-refractivity contribution in [1.82, 2.24) is 9.66 Å². The molecule has 0 N–H and O–H groups in total. The molecule has 108 valence electrons. The Morgan fingerprint density at radius 3 is 2.41 bits per heavy atom. The second-order valence-corrected chi connectivity index (χ2v) is 5.22. The molecule has 0 aliphatic rings. The lowest BCUT2D eigenvalue weighted by atomic mass is 10.2. The molecule has 0 radical (unpaired) electrons. The van der Waals surface area contributed by atoms with Crippen molar-refractivity contribution in [2.45, 2.75) is 6.54 Å². The van der Waals surface area contributed by atoms with Gasteiger partial charge < -0.3 is 0 Å². The molecule has 1 heterocycles. The average Bonchev–Trinajstić information content (AvgIpc) is 3.09. The molecule has 0 atom stereocenters. The summed E-state index contributed by atoms with van der Waals surface area (Å²) in [6, 6.07) is 17.3. The van der Waals surface area contributed by atoms with E-state index in [1.807, 2.05) is 47.3 Å². The maximum absolute atomic E-state index is 8.92. The van der Waals surface area contributed by atoms with Crippen LogP contribution in [0.3, 0.4) is 0 Å². The number of nitrogens with zero attached hydrogens (tertiary/aromatic N) is 4. The van der Waals surface area contributed by atoms with Crippen molar-refractivity contribution < 1.29 is 0 Å². The van der Waals surface area contributed by atoms with Crippen LogP contribution in [0.2, 0.25) is 5.02 Å². The molecular formula is C17H13ClN4. The maximum atomic E-state index is 8.92. The molecule has 22 heavy (non-hydrogen) atoms. The molecule has 4 nitrogen and oxygen atoms in total. The van der Waals surface area contributed by atoms with Crippen LogP contribution in [0.4, 0.5) is 5.69 Å². The molecule has 3 aromatic rings. The molecule has 0 aliphatic heterocycles. The van der Waals surface area contributed by atoms with Gasteiger partial charge >= 0.3 is 0 Å². The van der Waals surface area contributed by atoms with Gasteiger partial charge in [-0.15, -0.1) is 0 Å². The first-order valence-electron chi connectivity index (χ1n) is 6.76. The van der Waals surface area contributed by atoms with E-state index >= 15 is 0 Å². The van der Waals surface area contributed by atoms with Gasteiger partial charge in [-0.05, 0) is 42.0 Å². The minimum Gasteiger partial charge on any atom is -0.276 e. The number of hydrogen-bond acceptors (Lipinski definition) is 3. The zero-order chi connectivity index (χ0) is 15.4. The largest absolute Gasteiger partial charge is 0.276 e. The lowest BCUT2D eigenvalue weighted by Gasteiger charge is -2.25. The lowest BCUT2D eigenvalue weighted by Crippen LogP contribution is -2.27. The van der Waals surface area contributed by atoms with E-state index in [0.29, 0.717) is 12.1 Å². The van der Waals surface area contributed by atoms with Crippen molar-refractivity contribution in [3.05, 3.63) is 83.4 Å². The van der Waals surface area contributed by atoms with Crippen molar-refractivity contribution >= 4 is 17.3 Å². The normalized spacial score (nSPS) is 10.2. The van der Waals surface area contributed by atoms with Crippen LogP contribution in [0.15, 0.2) is 67.3 Å². The van der Waals surface area contributed by atoms with Gasteiger partial charge in [-0.2, -0.15) is 5.26 Å². The first-order chi connectivity index (χ1) is 10.8. The van der Waals surface area contributed by atoms with Gasteiger partial charge in [0.15, 0.2) is 0 Å². The molecule has 3 rings (SSSR count). The van der Waals surface area contributed by atoms with Gasteiger partial charge in [0.05, 0.1) is 23.9 Å². The molecule has 5 heteroatoms. The fourth-order valence-corrected chi connectivity index (χ4v) is 2.30. The number of nitriles is 1. The number of hydrogen-bond donors (Lipinski definition) is 0. The lowest BCUT2D eigenvalue weighted by molar-refractivity contribution is 0.688. The van der Waals surface area contributed by atoms with E-state index in [0.717, 1.165) is 16.3 Å². The van der Waals surface area contributed by atoms with Crippen molar-refractivity contribution in [3.8, 4) is 6.07 Å². The van der Waals surface area contributed by atoms with E-state index < -0.39 is 0 Å². The summed E-state index contributed by atoms with van der Waals surface area (Å²) in [5.41, 5.74) is 2.75. The molecule has 0 fully saturated rings. The molecule has 0 saturated heterocycles. The van der Waals surface area contributed by atoms with Crippen molar-refractivity contribution in [1.29, 1.82) is 5.26 Å². The van der Waals surface area contributed by atoms with Gasteiger partial charge in [-0.25, -0.2) is 9.66 Å². The average molecular weight is 309 g/mol. The topological polar surface area (TPSA) is 44.9 Å². The van der Waals surface area contributed by atoms with Crippen molar-refractivity contribution in [2.24, 2.45) is 0 Å². The number of benzene rings is 2. The molecule has 0 amide bonds. The number of rotatable bonds is 4. The van der Waals surface area contributed by atoms with E-state index in [1.165, 1.54) is 0 Å². The van der Waals surface area contributed by atoms with E-state index in [-0.39, 0.29) is 0 Å². The third-order valence-corrected chi connectivity index (χ3v) is 3.56. The second-order valence-electron chi connectivity index (χ2n) is 4.79. The van der Waals surface area contributed by atoms with Crippen LogP contribution >= 0.6 is 11.6 Å². The zero-order valence-corrected chi connectivity index (χ0v) is 12.5. The van der Waals surface area contributed by atoms with Crippen molar-refractivity contribution in [3.63, 3.8) is 0 Å². The van der Waals surface area contributed by atoms with Crippen LogP contribution in [0.25, 0.3) is 0 Å². The highest BCUT2D eigenvalue weighted by atomic mass is 35.5. The minimum atomic E-state index is 0.640. The molecule has 0 aliphatic carbocycles. The SMILES string of the molecule is N#Cc1ccc(N(Cc2ccc(Cl)cc2)n2ccnc2)cc1. The van der Waals surface area contributed by atoms with Crippen LogP contribution < -0.4 is 5.01 Å². The van der Waals surface area contributed by atoms with Crippen LogP contribution in [-0.4, -0.2) is 9.66 Å². The molecular weight excluding hydrogens is 296 g/mol. The van der Waals surface area contributed by atoms with Gasteiger partial charge in [0.25, 0.3) is 0 Å². The van der Waals surface area contributed by atoms with Crippen LogP contribution in [0.1, 0.15) is 11.1 Å². The summed E-state index contributed by atoms with van der Waals surface area (Å²) in [7, 11) is 0. The van der Waals surface area contributed by atoms with E-state index in [4.69, 9.17) is 16.9 Å². The molecule has 0 spiro atoms. The standard InChI is InChI=1S/C17H13ClN4/c18-16-5-1-15(2-6-16)12-22(21-10-9-20-13-21)17-7-3-14(11-19)4-8-17/h1-10,13H,12H2. The Morgan fingerprint density at radius 2 is 1.82 bits per heavy atom. The Morgan fingerprint density at radius 1 is 1.09 bits per heavy atom. The maximum Gasteiger partial charge on any atom is 0.114 e. The highest BCUT2D eigenvalue weighted by Crippen LogP contribution is 2.20. The van der Waals surface area contributed by atoms with E-state index in [9.17, 15) is 0 Å². The van der Waals surface area contributed by atoms with Crippen LogP contribution in [0, 0.1) is 11.3 Å². The monoisotopic (exact) mass is 308 g/mol. The summed E-state index contributed by atoms with van der Waals surface area (Å²) >= 11 is 5.94. The Labute approximate surface area is 133 Å². The van der Waals surface area contributed by atoms with Gasteiger partial charge in [-0.3, -0.25) is 5.01 Å². The third-order valence-electron chi connectivity index (χ3n) is 3.31. The van der Waals surface area contributed by atoms with E-state index in [1.54, 1.807) is 24.7 Å². The van der Waals surface area contributed by atoms with Crippen LogP contribution in [-0.2, 0) is 6.54 Å². The van der Waals surface area contributed by atoms with Crippen molar-refractivity contribution in [2.75, 3.05) is 5.01 Å². The summed E-state index contributed by atoms with van der Waals surface area (Å²) in [6.45, 7) is 0.666. The molecule has 0 unspecified atom stereocenters. The zero-order valence-electron chi connectivity index (χ0n) is 11.7.